The van der Waals surface area contributed by atoms with Gasteiger partial charge >= 0.3 is 35.8 Å². The van der Waals surface area contributed by atoms with Gasteiger partial charge in [-0.25, -0.2) is 28.8 Å². The third-order valence-electron chi connectivity index (χ3n) is 9.28. The zero-order valence-corrected chi connectivity index (χ0v) is 32.8. The molecular formula is C44H38O16. The molecule has 16 nitrogen and oxygen atoms in total. The van der Waals surface area contributed by atoms with E-state index in [0.29, 0.717) is 11.1 Å². The first-order valence-electron chi connectivity index (χ1n) is 18.2. The van der Waals surface area contributed by atoms with Gasteiger partial charge in [-0.1, -0.05) is 13.2 Å². The van der Waals surface area contributed by atoms with E-state index < -0.39 is 60.2 Å². The average Bonchev–Trinajstić information content (AvgIpc) is 3.84. The summed E-state index contributed by atoms with van der Waals surface area (Å²) in [6.45, 7) is 9.94. The predicted molar refractivity (Wildman–Crippen MR) is 208 cm³/mol. The van der Waals surface area contributed by atoms with Crippen LogP contribution < -0.4 is 28.4 Å². The molecule has 0 saturated carbocycles. The van der Waals surface area contributed by atoms with Crippen molar-refractivity contribution in [2.24, 2.45) is 0 Å². The second-order valence-electron chi connectivity index (χ2n) is 13.2. The molecule has 0 unspecified atom stereocenters. The largest absolute Gasteiger partial charge is 0.496 e. The van der Waals surface area contributed by atoms with Crippen LogP contribution >= 0.6 is 0 Å². The number of benzene rings is 4. The van der Waals surface area contributed by atoms with Gasteiger partial charge in [-0.05, 0) is 85.6 Å². The molecular weight excluding hydrogens is 784 g/mol. The van der Waals surface area contributed by atoms with Crippen molar-refractivity contribution in [3.05, 3.63) is 131 Å². The first-order chi connectivity index (χ1) is 28.8. The van der Waals surface area contributed by atoms with Crippen molar-refractivity contribution in [2.75, 3.05) is 27.4 Å². The zero-order chi connectivity index (χ0) is 43.1. The Labute approximate surface area is 343 Å². The number of hydrogen-bond donors (Lipinski definition) is 0. The molecule has 0 aromatic heterocycles. The van der Waals surface area contributed by atoms with E-state index in [4.69, 9.17) is 47.4 Å². The number of hydrogen-bond acceptors (Lipinski definition) is 16. The van der Waals surface area contributed by atoms with Crippen molar-refractivity contribution >= 4 is 35.8 Å². The Morgan fingerprint density at radius 2 is 1.02 bits per heavy atom. The minimum absolute atomic E-state index is 0.0334. The maximum atomic E-state index is 13.4. The van der Waals surface area contributed by atoms with Crippen molar-refractivity contribution in [2.45, 2.75) is 38.3 Å². The second-order valence-corrected chi connectivity index (χ2v) is 13.2. The minimum Gasteiger partial charge on any atom is -0.496 e. The second kappa shape index (κ2) is 18.5. The lowest BCUT2D eigenvalue weighted by Crippen LogP contribution is -2.36. The van der Waals surface area contributed by atoms with Gasteiger partial charge in [0.1, 0.15) is 57.8 Å². The molecule has 16 heteroatoms. The van der Waals surface area contributed by atoms with Crippen molar-refractivity contribution < 1.29 is 76.1 Å². The molecule has 4 aromatic carbocycles. The summed E-state index contributed by atoms with van der Waals surface area (Å²) in [5.74, 6) is -3.43. The highest BCUT2D eigenvalue weighted by Gasteiger charge is 2.51. The summed E-state index contributed by atoms with van der Waals surface area (Å²) in [4.78, 5) is 75.6. The van der Waals surface area contributed by atoms with E-state index in [9.17, 15) is 28.8 Å². The van der Waals surface area contributed by atoms with Crippen molar-refractivity contribution in [3.63, 3.8) is 0 Å². The first-order valence-corrected chi connectivity index (χ1v) is 18.2. The molecule has 2 fully saturated rings. The average molecular weight is 823 g/mol. The molecule has 6 rings (SSSR count). The molecule has 0 spiro atoms. The fraction of sp³-hybridized carbons (Fsp3) is 0.227. The highest BCUT2D eigenvalue weighted by atomic mass is 16.7. The molecule has 4 atom stereocenters. The molecule has 60 heavy (non-hydrogen) atoms. The Balaban J connectivity index is 1.04. The van der Waals surface area contributed by atoms with Gasteiger partial charge in [0.05, 0.1) is 38.6 Å². The Kier molecular flexibility index (Phi) is 13.1. The number of ether oxygens (including phenoxy) is 10. The summed E-state index contributed by atoms with van der Waals surface area (Å²) in [5, 5.41) is 0. The molecule has 0 amide bonds. The van der Waals surface area contributed by atoms with E-state index in [1.165, 1.54) is 80.9 Å². The fourth-order valence-electron chi connectivity index (χ4n) is 6.25. The van der Waals surface area contributed by atoms with Crippen molar-refractivity contribution in [1.29, 1.82) is 0 Å². The number of carbonyl (C=O) groups excluding carboxylic acids is 6. The summed E-state index contributed by atoms with van der Waals surface area (Å²) < 4.78 is 55.3. The van der Waals surface area contributed by atoms with Gasteiger partial charge in [0.15, 0.2) is 12.2 Å². The van der Waals surface area contributed by atoms with Crippen molar-refractivity contribution in [1.82, 2.24) is 0 Å². The van der Waals surface area contributed by atoms with E-state index in [0.717, 1.165) is 12.2 Å². The lowest BCUT2D eigenvalue weighted by molar-refractivity contribution is -0.129. The SMILES string of the molecule is C=CC(=O)Oc1ccc(C(=O)Oc2ccc(C(=O)O[C@@H]3CO[C@H]4[C@@H]3OC[C@H]4OC(=O)c3ccc(OC(=O)c4cc(C)c(OC(=O)C=C)cc4C)cc3OC)c(OC)c2)cc1. The van der Waals surface area contributed by atoms with Crippen LogP contribution in [0.3, 0.4) is 0 Å². The van der Waals surface area contributed by atoms with Crippen LogP contribution in [0.15, 0.2) is 98.1 Å². The molecule has 2 aliphatic rings. The smallest absolute Gasteiger partial charge is 0.343 e. The number of carbonyl (C=O) groups is 6. The van der Waals surface area contributed by atoms with E-state index in [1.54, 1.807) is 19.9 Å². The van der Waals surface area contributed by atoms with E-state index in [-0.39, 0.29) is 70.0 Å². The van der Waals surface area contributed by atoms with Gasteiger partial charge in [-0.3, -0.25) is 0 Å². The number of aryl methyl sites for hydroxylation is 2. The number of methoxy groups -OCH3 is 2. The van der Waals surface area contributed by atoms with Gasteiger partial charge in [0.25, 0.3) is 0 Å². The lowest BCUT2D eigenvalue weighted by Gasteiger charge is -2.18. The third-order valence-corrected chi connectivity index (χ3v) is 9.28. The molecule has 2 saturated heterocycles. The molecule has 0 aliphatic carbocycles. The summed E-state index contributed by atoms with van der Waals surface area (Å²) in [7, 11) is 2.67. The summed E-state index contributed by atoms with van der Waals surface area (Å²) in [5.41, 5.74) is 1.50. The standard InChI is InChI=1S/C44H38O16/c1-7-37(45)55-26-11-9-25(10-12-26)41(47)56-27-13-15-29(33(19-27)51-5)42(48)59-35-21-53-40-36(22-54-39(35)40)60-43(49)30-16-14-28(20-34(30)52-6)57-44(50)31-17-24(4)32(18-23(31)3)58-38(46)8-2/h7-20,35-36,39-40H,1-2,21-22H2,3-6H3/t35-,36-,39-,40-/m1/s1. The highest BCUT2D eigenvalue weighted by molar-refractivity contribution is 5.96. The summed E-state index contributed by atoms with van der Waals surface area (Å²) in [6, 6.07) is 17.0. The molecule has 0 radical (unpaired) electrons. The van der Waals surface area contributed by atoms with Gasteiger partial charge < -0.3 is 47.4 Å². The van der Waals surface area contributed by atoms with Crippen LogP contribution in [0.25, 0.3) is 0 Å². The summed E-state index contributed by atoms with van der Waals surface area (Å²) >= 11 is 0. The van der Waals surface area contributed by atoms with E-state index in [1.807, 2.05) is 0 Å². The van der Waals surface area contributed by atoms with Gasteiger partial charge in [-0.15, -0.1) is 0 Å². The Bertz CT molecular complexity index is 2360. The Hall–Kier alpha value is -7.30. The third kappa shape index (κ3) is 9.52. The predicted octanol–water partition coefficient (Wildman–Crippen LogP) is 5.49. The quantitative estimate of drug-likeness (QED) is 0.0879. The molecule has 0 bridgehead atoms. The van der Waals surface area contributed by atoms with Gasteiger partial charge in [0.2, 0.25) is 0 Å². The molecule has 310 valence electrons. The van der Waals surface area contributed by atoms with Crippen molar-refractivity contribution in [3.8, 4) is 34.5 Å². The number of rotatable bonds is 14. The fourth-order valence-corrected chi connectivity index (χ4v) is 6.25. The maximum absolute atomic E-state index is 13.4. The van der Waals surface area contributed by atoms with E-state index >= 15 is 0 Å². The zero-order valence-electron chi connectivity index (χ0n) is 32.8. The van der Waals surface area contributed by atoms with Crippen LogP contribution in [0.4, 0.5) is 0 Å². The van der Waals surface area contributed by atoms with Gasteiger partial charge in [-0.2, -0.15) is 0 Å². The number of fused-ring (bicyclic) bond motifs is 1. The van der Waals surface area contributed by atoms with Gasteiger partial charge in [0, 0.05) is 24.3 Å². The number of esters is 6. The maximum Gasteiger partial charge on any atom is 0.343 e. The monoisotopic (exact) mass is 822 g/mol. The molecule has 2 heterocycles. The first kappa shape index (κ1) is 42.3. The van der Waals surface area contributed by atoms with Crippen LogP contribution in [-0.4, -0.2) is 87.7 Å². The van der Waals surface area contributed by atoms with Crippen LogP contribution in [0, 0.1) is 13.8 Å². The molecule has 0 N–H and O–H groups in total. The van der Waals surface area contributed by atoms with Crippen LogP contribution in [0.5, 0.6) is 34.5 Å². The van der Waals surface area contributed by atoms with E-state index in [2.05, 4.69) is 13.2 Å². The van der Waals surface area contributed by atoms with Crippen LogP contribution in [0.1, 0.15) is 52.6 Å². The Morgan fingerprint density at radius 3 is 1.52 bits per heavy atom. The van der Waals surface area contributed by atoms with Crippen LogP contribution in [-0.2, 0) is 28.5 Å². The lowest BCUT2D eigenvalue weighted by atomic mass is 10.0. The molecule has 4 aromatic rings. The normalized spacial score (nSPS) is 17.6. The minimum atomic E-state index is -0.866. The topological polar surface area (TPSA) is 195 Å². The molecule has 2 aliphatic heterocycles. The van der Waals surface area contributed by atoms with Crippen LogP contribution in [0.2, 0.25) is 0 Å². The highest BCUT2D eigenvalue weighted by Crippen LogP contribution is 2.35. The summed E-state index contributed by atoms with van der Waals surface area (Å²) in [6.07, 6.45) is -1.21. The Morgan fingerprint density at radius 1 is 0.533 bits per heavy atom.